The van der Waals surface area contributed by atoms with Crippen molar-refractivity contribution in [3.05, 3.63) is 58.2 Å². The van der Waals surface area contributed by atoms with Crippen LogP contribution in [0.25, 0.3) is 0 Å². The number of nitriles is 1. The molecule has 0 bridgehead atoms. The molecule has 3 nitrogen and oxygen atoms in total. The molecular weight excluding hydrogens is 248 g/mol. The maximum atomic E-state index is 11.4. The summed E-state index contributed by atoms with van der Waals surface area (Å²) in [7, 11) is 0. The first kappa shape index (κ1) is 11.1. The lowest BCUT2D eigenvalue weighted by molar-refractivity contribution is -0.117. The van der Waals surface area contributed by atoms with E-state index in [4.69, 9.17) is 16.9 Å². The van der Waals surface area contributed by atoms with Crippen LogP contribution >= 0.6 is 11.6 Å². The smallest absolute Gasteiger partial charge is 0.265 e. The molecule has 0 aromatic carbocycles. The standard InChI is InChI=1S/C14H8ClN2O/c15-12-1-2-14-8-17-13(18)6-11(14)4-9(7-16)3-10(14)5-12/h1-6H,8H2. The average molecular weight is 256 g/mol. The lowest BCUT2D eigenvalue weighted by Gasteiger charge is -2.39. The number of nitrogens with zero attached hydrogens (tertiary/aromatic N) is 2. The van der Waals surface area contributed by atoms with Gasteiger partial charge < -0.3 is 0 Å². The minimum Gasteiger partial charge on any atom is -0.268 e. The predicted molar refractivity (Wildman–Crippen MR) is 67.4 cm³/mol. The largest absolute Gasteiger partial charge is 0.268 e. The number of carbonyl (C=O) groups is 1. The van der Waals surface area contributed by atoms with E-state index in [0.29, 0.717) is 17.2 Å². The molecule has 0 N–H and O–H groups in total. The van der Waals surface area contributed by atoms with Crippen LogP contribution in [-0.4, -0.2) is 12.5 Å². The molecule has 1 atom stereocenters. The molecule has 3 aliphatic rings. The quantitative estimate of drug-likeness (QED) is 0.666. The van der Waals surface area contributed by atoms with Crippen molar-refractivity contribution in [1.29, 1.82) is 5.26 Å². The zero-order chi connectivity index (χ0) is 12.8. The van der Waals surface area contributed by atoms with E-state index in [1.165, 1.54) is 6.08 Å². The van der Waals surface area contributed by atoms with Gasteiger partial charge in [-0.2, -0.15) is 5.26 Å². The van der Waals surface area contributed by atoms with Gasteiger partial charge in [0, 0.05) is 11.1 Å². The highest BCUT2D eigenvalue weighted by atomic mass is 35.5. The Labute approximate surface area is 109 Å². The summed E-state index contributed by atoms with van der Waals surface area (Å²) in [6.07, 6.45) is 10.6. The third-order valence-electron chi connectivity index (χ3n) is 3.37. The maximum Gasteiger partial charge on any atom is 0.265 e. The second kappa shape index (κ2) is 3.72. The summed E-state index contributed by atoms with van der Waals surface area (Å²) >= 11 is 6.00. The first-order valence-electron chi connectivity index (χ1n) is 5.48. The summed E-state index contributed by atoms with van der Waals surface area (Å²) in [6.45, 7) is 0.371. The molecule has 3 rings (SSSR count). The third kappa shape index (κ3) is 1.47. The number of hydrogen-bond acceptors (Lipinski definition) is 2. The molecule has 1 unspecified atom stereocenters. The highest BCUT2D eigenvalue weighted by molar-refractivity contribution is 6.31. The van der Waals surface area contributed by atoms with Crippen molar-refractivity contribution in [3.63, 3.8) is 0 Å². The van der Waals surface area contributed by atoms with Crippen molar-refractivity contribution in [2.24, 2.45) is 5.41 Å². The topological polar surface area (TPSA) is 55.0 Å². The maximum absolute atomic E-state index is 11.4. The summed E-state index contributed by atoms with van der Waals surface area (Å²) in [5.74, 6) is -0.250. The number of carbonyl (C=O) groups excluding carboxylic acids is 1. The van der Waals surface area contributed by atoms with Crippen molar-refractivity contribution in [2.45, 2.75) is 0 Å². The van der Waals surface area contributed by atoms with Gasteiger partial charge in [-0.3, -0.25) is 4.79 Å². The Balaban J connectivity index is 2.23. The highest BCUT2D eigenvalue weighted by Gasteiger charge is 2.41. The second-order valence-corrected chi connectivity index (χ2v) is 4.84. The van der Waals surface area contributed by atoms with E-state index in [-0.39, 0.29) is 5.91 Å². The van der Waals surface area contributed by atoms with Crippen molar-refractivity contribution in [1.82, 2.24) is 5.32 Å². The zero-order valence-electron chi connectivity index (χ0n) is 9.35. The van der Waals surface area contributed by atoms with Crippen molar-refractivity contribution in [3.8, 4) is 6.07 Å². The molecule has 87 valence electrons. The van der Waals surface area contributed by atoms with Crippen LogP contribution in [0.3, 0.4) is 0 Å². The van der Waals surface area contributed by atoms with E-state index >= 15 is 0 Å². The first-order valence-corrected chi connectivity index (χ1v) is 5.86. The Hall–Kier alpha value is -2.05. The zero-order valence-corrected chi connectivity index (χ0v) is 10.1. The van der Waals surface area contributed by atoms with E-state index in [2.05, 4.69) is 11.4 Å². The molecule has 0 aromatic heterocycles. The molecule has 1 aliphatic heterocycles. The van der Waals surface area contributed by atoms with E-state index in [9.17, 15) is 4.79 Å². The normalized spacial score (nSPS) is 28.8. The molecular formula is C14H8ClN2O. The van der Waals surface area contributed by atoms with Gasteiger partial charge in [0.2, 0.25) is 0 Å². The summed E-state index contributed by atoms with van der Waals surface area (Å²) in [5.41, 5.74) is 1.83. The van der Waals surface area contributed by atoms with Crippen LogP contribution < -0.4 is 5.32 Å². The van der Waals surface area contributed by atoms with Gasteiger partial charge in [-0.1, -0.05) is 17.7 Å². The van der Waals surface area contributed by atoms with Gasteiger partial charge in [-0.25, -0.2) is 5.32 Å². The second-order valence-electron chi connectivity index (χ2n) is 4.40. The van der Waals surface area contributed by atoms with Crippen LogP contribution in [0.2, 0.25) is 0 Å². The SMILES string of the molecule is N#CC1=CC2=CC(=O)[N]CC23C=CC(Cl)=CC3=C1. The minimum atomic E-state index is -0.424. The molecule has 1 amide bonds. The Bertz CT molecular complexity index is 643. The van der Waals surface area contributed by atoms with Crippen LogP contribution in [0.1, 0.15) is 0 Å². The van der Waals surface area contributed by atoms with Gasteiger partial charge in [0.25, 0.3) is 5.91 Å². The fourth-order valence-corrected chi connectivity index (χ4v) is 2.61. The van der Waals surface area contributed by atoms with E-state index in [1.807, 2.05) is 18.2 Å². The number of halogens is 1. The summed E-state index contributed by atoms with van der Waals surface area (Å²) in [5, 5.41) is 13.6. The van der Waals surface area contributed by atoms with Gasteiger partial charge in [-0.15, -0.1) is 0 Å². The van der Waals surface area contributed by atoms with Gasteiger partial charge in [0.1, 0.15) is 0 Å². The van der Waals surface area contributed by atoms with Gasteiger partial charge >= 0.3 is 0 Å². The van der Waals surface area contributed by atoms with Crippen molar-refractivity contribution in [2.75, 3.05) is 6.54 Å². The predicted octanol–water partition coefficient (Wildman–Crippen LogP) is 2.13. The Morgan fingerprint density at radius 1 is 1.28 bits per heavy atom. The van der Waals surface area contributed by atoms with Gasteiger partial charge in [-0.05, 0) is 35.5 Å². The molecule has 0 fully saturated rings. The molecule has 0 saturated carbocycles. The molecule has 1 spiro atoms. The first-order chi connectivity index (χ1) is 8.64. The van der Waals surface area contributed by atoms with Crippen LogP contribution in [-0.2, 0) is 4.79 Å². The molecule has 18 heavy (non-hydrogen) atoms. The van der Waals surface area contributed by atoms with Crippen LogP contribution in [0, 0.1) is 16.7 Å². The summed E-state index contributed by atoms with van der Waals surface area (Å²) in [4.78, 5) is 11.4. The number of rotatable bonds is 0. The molecule has 0 aromatic rings. The molecule has 4 heteroatoms. The highest BCUT2D eigenvalue weighted by Crippen LogP contribution is 2.46. The fraction of sp³-hybridized carbons (Fsp3) is 0.143. The van der Waals surface area contributed by atoms with Gasteiger partial charge in [0.15, 0.2) is 0 Å². The molecule has 1 radical (unpaired) electrons. The minimum absolute atomic E-state index is 0.250. The Kier molecular flexibility index (Phi) is 2.29. The van der Waals surface area contributed by atoms with Crippen molar-refractivity contribution >= 4 is 17.5 Å². The fourth-order valence-electron chi connectivity index (χ4n) is 2.43. The van der Waals surface area contributed by atoms with Crippen molar-refractivity contribution < 1.29 is 4.79 Å². The lowest BCUT2D eigenvalue weighted by Crippen LogP contribution is -2.40. The number of allylic oxidation sites excluding steroid dienone is 6. The average Bonchev–Trinajstić information content (AvgIpc) is 2.36. The molecule has 0 saturated heterocycles. The van der Waals surface area contributed by atoms with Gasteiger partial charge in [0.05, 0.1) is 23.6 Å². The number of hydrogen-bond donors (Lipinski definition) is 0. The number of amides is 1. The molecule has 2 aliphatic carbocycles. The van der Waals surface area contributed by atoms with E-state index in [0.717, 1.165) is 11.1 Å². The van der Waals surface area contributed by atoms with Crippen LogP contribution in [0.15, 0.2) is 58.2 Å². The molecule has 1 heterocycles. The van der Waals surface area contributed by atoms with Crippen LogP contribution in [0.4, 0.5) is 0 Å². The summed E-state index contributed by atoms with van der Waals surface area (Å²) < 4.78 is 0. The van der Waals surface area contributed by atoms with Crippen LogP contribution in [0.5, 0.6) is 0 Å². The Morgan fingerprint density at radius 3 is 2.83 bits per heavy atom. The van der Waals surface area contributed by atoms with E-state index < -0.39 is 5.41 Å². The monoisotopic (exact) mass is 255 g/mol. The van der Waals surface area contributed by atoms with E-state index in [1.54, 1.807) is 12.2 Å². The third-order valence-corrected chi connectivity index (χ3v) is 3.60. The lowest BCUT2D eigenvalue weighted by atomic mass is 9.66. The Morgan fingerprint density at radius 2 is 2.06 bits per heavy atom. The summed E-state index contributed by atoms with van der Waals surface area (Å²) in [6, 6.07) is 2.10.